The number of pyridine rings is 1. The number of anilines is 2. The minimum atomic E-state index is -0.0336. The van der Waals surface area contributed by atoms with E-state index in [1.807, 2.05) is 84.9 Å². The van der Waals surface area contributed by atoms with Gasteiger partial charge in [-0.25, -0.2) is 4.98 Å². The Morgan fingerprint density at radius 1 is 0.718 bits per heavy atom. The van der Waals surface area contributed by atoms with E-state index in [4.69, 9.17) is 22.0 Å². The Balaban J connectivity index is 0.000000188. The smallest absolute Gasteiger partial charge is 0.195 e. The largest absolute Gasteiger partial charge is 0.398 e. The van der Waals surface area contributed by atoms with Gasteiger partial charge in [0.2, 0.25) is 0 Å². The summed E-state index contributed by atoms with van der Waals surface area (Å²) in [6.07, 6.45) is 0. The van der Waals surface area contributed by atoms with Gasteiger partial charge < -0.3 is 11.5 Å². The molecule has 4 aromatic carbocycles. The van der Waals surface area contributed by atoms with Crippen molar-refractivity contribution in [2.24, 2.45) is 0 Å². The first-order valence-corrected chi connectivity index (χ1v) is 11.8. The number of hydrogen-bond donors (Lipinski definition) is 2. The van der Waals surface area contributed by atoms with Gasteiger partial charge in [-0.3, -0.25) is 4.79 Å². The van der Waals surface area contributed by atoms with E-state index in [-0.39, 0.29) is 18.0 Å². The van der Waals surface area contributed by atoms with Gasteiger partial charge in [0, 0.05) is 27.8 Å². The molecule has 0 saturated carbocycles. The molecule has 0 aliphatic rings. The number of ketones is 1. The van der Waals surface area contributed by atoms with E-state index in [2.05, 4.69) is 11.1 Å². The molecule has 188 valence electrons. The number of nitriles is 3. The van der Waals surface area contributed by atoms with Crippen LogP contribution in [0.4, 0.5) is 11.5 Å². The summed E-state index contributed by atoms with van der Waals surface area (Å²) >= 11 is 0. The molecule has 5 aromatic rings. The number of aromatic nitrogens is 1. The lowest BCUT2D eigenvalue weighted by Gasteiger charge is -2.10. The number of fused-ring (bicyclic) bond motifs is 1. The number of carbonyl (C=O) groups excluding carboxylic acids is 1. The minimum absolute atomic E-state index is 0. The third-order valence-corrected chi connectivity index (χ3v) is 5.49. The van der Waals surface area contributed by atoms with Crippen LogP contribution in [0.1, 0.15) is 27.9 Å². The quantitative estimate of drug-likeness (QED) is 0.215. The summed E-state index contributed by atoms with van der Waals surface area (Å²) in [7, 11) is 0. The third kappa shape index (κ3) is 7.05. The molecule has 5 rings (SSSR count). The first-order chi connectivity index (χ1) is 19.0. The van der Waals surface area contributed by atoms with Crippen LogP contribution < -0.4 is 11.5 Å². The Morgan fingerprint density at radius 3 is 1.87 bits per heavy atom. The lowest BCUT2D eigenvalue weighted by atomic mass is 9.96. The minimum Gasteiger partial charge on any atom is -0.398 e. The number of nitrogens with zero attached hydrogens (tertiary/aromatic N) is 4. The van der Waals surface area contributed by atoms with Crippen molar-refractivity contribution in [3.8, 4) is 29.3 Å². The maximum Gasteiger partial charge on any atom is 0.195 e. The fourth-order valence-corrected chi connectivity index (χ4v) is 3.73. The third-order valence-electron chi connectivity index (χ3n) is 5.49. The Morgan fingerprint density at radius 2 is 1.28 bits per heavy atom. The molecule has 1 heterocycles. The number of benzene rings is 4. The van der Waals surface area contributed by atoms with Crippen LogP contribution in [0.2, 0.25) is 0 Å². The van der Waals surface area contributed by atoms with Crippen LogP contribution >= 0.6 is 0 Å². The number of carbonyl (C=O) groups is 1. The molecule has 0 unspecified atom stereocenters. The van der Waals surface area contributed by atoms with Gasteiger partial charge in [0.05, 0.1) is 17.7 Å². The van der Waals surface area contributed by atoms with Crippen molar-refractivity contribution in [1.82, 2.24) is 4.98 Å². The standard InChI is InChI=1S/C16H11N3.C13H11NO.C3H2N2/c17-10-13-15(11-6-2-1-3-7-11)12-8-4-5-9-14(12)19-16(13)18;14-12-9-5-4-8-11(12)13(15)10-6-2-1-3-7-10;4-2-1-3-5/h1-9H,(H2,18,19);1-9H,14H2;1H2. The zero-order valence-electron chi connectivity index (χ0n) is 21.0. The fourth-order valence-electron chi connectivity index (χ4n) is 3.73. The highest BCUT2D eigenvalue weighted by Crippen LogP contribution is 2.33. The molecule has 0 amide bonds. The van der Waals surface area contributed by atoms with E-state index in [1.165, 1.54) is 0 Å². The predicted molar refractivity (Wildman–Crippen MR) is 153 cm³/mol. The van der Waals surface area contributed by atoms with Gasteiger partial charge in [-0.2, -0.15) is 15.8 Å². The highest BCUT2D eigenvalue weighted by Gasteiger charge is 2.14. The molecule has 0 aliphatic heterocycles. The molecule has 0 saturated heterocycles. The van der Waals surface area contributed by atoms with E-state index in [0.29, 0.717) is 22.4 Å². The number of nitrogen functional groups attached to an aromatic ring is 2. The van der Waals surface area contributed by atoms with Crippen LogP contribution in [0.3, 0.4) is 0 Å². The van der Waals surface area contributed by atoms with Crippen molar-refractivity contribution in [1.29, 1.82) is 15.8 Å². The Kier molecular flexibility index (Phi) is 9.87. The summed E-state index contributed by atoms with van der Waals surface area (Å²) in [5.74, 6) is 0.244. The molecular formula is C32H24N6O. The molecule has 1 aromatic heterocycles. The van der Waals surface area contributed by atoms with Gasteiger partial charge in [0.15, 0.2) is 5.78 Å². The van der Waals surface area contributed by atoms with E-state index in [1.54, 1.807) is 36.4 Å². The normalized spacial score (nSPS) is 9.36. The molecule has 0 spiro atoms. The van der Waals surface area contributed by atoms with Gasteiger partial charge in [-0.15, -0.1) is 0 Å². The second kappa shape index (κ2) is 13.9. The van der Waals surface area contributed by atoms with E-state index in [9.17, 15) is 10.1 Å². The van der Waals surface area contributed by atoms with Gasteiger partial charge in [-0.05, 0) is 23.8 Å². The van der Waals surface area contributed by atoms with Crippen molar-refractivity contribution < 1.29 is 4.79 Å². The molecule has 0 fully saturated rings. The Hall–Kier alpha value is -5.97. The summed E-state index contributed by atoms with van der Waals surface area (Å²) in [4.78, 5) is 16.3. The summed E-state index contributed by atoms with van der Waals surface area (Å²) in [5, 5.41) is 25.5. The maximum absolute atomic E-state index is 12.0. The van der Waals surface area contributed by atoms with Crippen LogP contribution in [0.5, 0.6) is 0 Å². The van der Waals surface area contributed by atoms with Gasteiger partial charge in [0.25, 0.3) is 0 Å². The molecule has 7 heteroatoms. The average molecular weight is 509 g/mol. The van der Waals surface area contributed by atoms with E-state index in [0.717, 1.165) is 22.0 Å². The fraction of sp³-hybridized carbons (Fsp3) is 0.0312. The summed E-state index contributed by atoms with van der Waals surface area (Å²) < 4.78 is 0. The molecule has 0 bridgehead atoms. The molecule has 4 N–H and O–H groups in total. The lowest BCUT2D eigenvalue weighted by molar-refractivity contribution is 0.103. The maximum atomic E-state index is 12.0. The van der Waals surface area contributed by atoms with Crippen LogP contribution in [0.15, 0.2) is 109 Å². The number of rotatable bonds is 3. The molecule has 39 heavy (non-hydrogen) atoms. The average Bonchev–Trinajstić information content (AvgIpc) is 2.98. The van der Waals surface area contributed by atoms with Crippen molar-refractivity contribution in [3.63, 3.8) is 0 Å². The van der Waals surface area contributed by atoms with E-state index < -0.39 is 0 Å². The number of hydrogen-bond acceptors (Lipinski definition) is 7. The first-order valence-electron chi connectivity index (χ1n) is 11.8. The van der Waals surface area contributed by atoms with Crippen LogP contribution in [0, 0.1) is 34.0 Å². The summed E-state index contributed by atoms with van der Waals surface area (Å²) in [5.41, 5.74) is 16.4. The van der Waals surface area contributed by atoms with Gasteiger partial charge >= 0.3 is 0 Å². The van der Waals surface area contributed by atoms with Crippen molar-refractivity contribution in [3.05, 3.63) is 126 Å². The van der Waals surface area contributed by atoms with Crippen LogP contribution in [-0.4, -0.2) is 10.8 Å². The Labute approximate surface area is 226 Å². The highest BCUT2D eigenvalue weighted by molar-refractivity contribution is 6.12. The van der Waals surface area contributed by atoms with Crippen molar-refractivity contribution in [2.75, 3.05) is 11.5 Å². The Bertz CT molecular complexity index is 1680. The van der Waals surface area contributed by atoms with Crippen molar-refractivity contribution >= 4 is 28.2 Å². The highest BCUT2D eigenvalue weighted by atomic mass is 16.1. The summed E-state index contributed by atoms with van der Waals surface area (Å²) in [6, 6.07) is 39.2. The zero-order chi connectivity index (χ0) is 28.0. The van der Waals surface area contributed by atoms with Crippen molar-refractivity contribution in [2.45, 2.75) is 6.42 Å². The van der Waals surface area contributed by atoms with Gasteiger partial charge in [0.1, 0.15) is 23.9 Å². The molecule has 0 aliphatic carbocycles. The van der Waals surface area contributed by atoms with Crippen LogP contribution in [0.25, 0.3) is 22.0 Å². The zero-order valence-corrected chi connectivity index (χ0v) is 21.0. The van der Waals surface area contributed by atoms with E-state index >= 15 is 0 Å². The predicted octanol–water partition coefficient (Wildman–Crippen LogP) is 6.28. The number of nitrogens with two attached hydrogens (primary N) is 2. The molecular weight excluding hydrogens is 484 g/mol. The van der Waals surface area contributed by atoms with Gasteiger partial charge in [-0.1, -0.05) is 91.0 Å². The molecule has 0 radical (unpaired) electrons. The topological polar surface area (TPSA) is 153 Å². The lowest BCUT2D eigenvalue weighted by Crippen LogP contribution is -2.04. The summed E-state index contributed by atoms with van der Waals surface area (Å²) in [6.45, 7) is 0. The first kappa shape index (κ1) is 27.6. The molecule has 0 atom stereocenters. The number of para-hydroxylation sites is 2. The second-order valence-corrected chi connectivity index (χ2v) is 8.02. The SMILES string of the molecule is N#CCC#N.N#Cc1c(N)nc2ccccc2c1-c1ccccc1.Nc1ccccc1C(=O)c1ccccc1. The molecule has 7 nitrogen and oxygen atoms in total. The monoisotopic (exact) mass is 508 g/mol. The van der Waals surface area contributed by atoms with Crippen LogP contribution in [-0.2, 0) is 0 Å². The second-order valence-electron chi connectivity index (χ2n) is 8.02.